The lowest BCUT2D eigenvalue weighted by Crippen LogP contribution is -2.46. The molecule has 0 aliphatic carbocycles. The minimum atomic E-state index is 0.684. The van der Waals surface area contributed by atoms with Gasteiger partial charge in [-0.2, -0.15) is 11.8 Å². The molecule has 1 saturated heterocycles. The Hall–Kier alpha value is 0.270. The maximum absolute atomic E-state index is 3.44. The Balaban J connectivity index is 2.29. The maximum atomic E-state index is 3.44. The van der Waals surface area contributed by atoms with Crippen LogP contribution in [0.3, 0.4) is 0 Å². The normalized spacial score (nSPS) is 32.7. The van der Waals surface area contributed by atoms with Crippen LogP contribution in [0.15, 0.2) is 0 Å². The molecule has 1 heterocycles. The first-order chi connectivity index (χ1) is 5.20. The lowest BCUT2D eigenvalue weighted by atomic mass is 10.1. The van der Waals surface area contributed by atoms with Crippen LogP contribution in [0.5, 0.6) is 0 Å². The largest absolute Gasteiger partial charge is 0.252 e. The van der Waals surface area contributed by atoms with E-state index >= 15 is 0 Å². The molecule has 0 saturated carbocycles. The quantitative estimate of drug-likeness (QED) is 0.636. The van der Waals surface area contributed by atoms with Crippen molar-refractivity contribution in [2.24, 2.45) is 0 Å². The van der Waals surface area contributed by atoms with Crippen molar-refractivity contribution >= 4 is 11.8 Å². The average Bonchev–Trinajstić information content (AvgIpc) is 1.93. The molecule has 1 aliphatic rings. The average molecular weight is 174 g/mol. The second-order valence-electron chi connectivity index (χ2n) is 3.35. The highest BCUT2D eigenvalue weighted by Crippen LogP contribution is 2.24. The van der Waals surface area contributed by atoms with E-state index in [-0.39, 0.29) is 0 Å². The topological polar surface area (TPSA) is 15.3 Å². The number of hydrazine groups is 1. The number of nitrogens with one attached hydrogen (secondary N) is 1. The fourth-order valence-electron chi connectivity index (χ4n) is 1.42. The molecule has 1 N–H and O–H groups in total. The molecule has 0 amide bonds. The van der Waals surface area contributed by atoms with Gasteiger partial charge in [0, 0.05) is 25.4 Å². The van der Waals surface area contributed by atoms with Crippen molar-refractivity contribution in [2.45, 2.75) is 31.1 Å². The van der Waals surface area contributed by atoms with Crippen LogP contribution in [-0.2, 0) is 0 Å². The van der Waals surface area contributed by atoms with Crippen LogP contribution in [-0.4, -0.2) is 36.1 Å². The summed E-state index contributed by atoms with van der Waals surface area (Å²) in [5.74, 6) is 1.34. The third kappa shape index (κ3) is 3.01. The van der Waals surface area contributed by atoms with Crippen molar-refractivity contribution in [1.29, 1.82) is 0 Å². The zero-order valence-corrected chi connectivity index (χ0v) is 8.45. The summed E-state index contributed by atoms with van der Waals surface area (Å²) in [5.41, 5.74) is 3.44. The van der Waals surface area contributed by atoms with Gasteiger partial charge in [0.1, 0.15) is 0 Å². The van der Waals surface area contributed by atoms with E-state index in [9.17, 15) is 0 Å². The summed E-state index contributed by atoms with van der Waals surface area (Å²) in [6.45, 7) is 2.31. The highest BCUT2D eigenvalue weighted by Gasteiger charge is 2.21. The van der Waals surface area contributed by atoms with Gasteiger partial charge in [-0.15, -0.1) is 0 Å². The van der Waals surface area contributed by atoms with Gasteiger partial charge < -0.3 is 0 Å². The van der Waals surface area contributed by atoms with Gasteiger partial charge in [-0.1, -0.05) is 6.92 Å². The minimum absolute atomic E-state index is 0.684. The van der Waals surface area contributed by atoms with E-state index in [4.69, 9.17) is 0 Å². The highest BCUT2D eigenvalue weighted by atomic mass is 32.2. The Morgan fingerprint density at radius 1 is 1.45 bits per heavy atom. The van der Waals surface area contributed by atoms with E-state index in [0.717, 1.165) is 5.25 Å². The van der Waals surface area contributed by atoms with Gasteiger partial charge in [-0.05, 0) is 18.6 Å². The standard InChI is InChI=1S/C8H18N2S/c1-7-8(9-10(2)3)5-4-6-11-7/h7-9H,4-6H2,1-3H3. The first-order valence-electron chi connectivity index (χ1n) is 4.25. The van der Waals surface area contributed by atoms with Crippen LogP contribution in [0.25, 0.3) is 0 Å². The number of hydrogen-bond acceptors (Lipinski definition) is 3. The molecular formula is C8H18N2S. The molecule has 0 bridgehead atoms. The van der Waals surface area contributed by atoms with E-state index in [1.807, 2.05) is 0 Å². The number of rotatable bonds is 2. The molecule has 0 radical (unpaired) electrons. The van der Waals surface area contributed by atoms with Crippen molar-refractivity contribution < 1.29 is 0 Å². The molecule has 1 aliphatic heterocycles. The van der Waals surface area contributed by atoms with Crippen LogP contribution < -0.4 is 5.43 Å². The lowest BCUT2D eigenvalue weighted by molar-refractivity contribution is 0.230. The summed E-state index contributed by atoms with van der Waals surface area (Å²) in [7, 11) is 4.12. The maximum Gasteiger partial charge on any atom is 0.0331 e. The summed E-state index contributed by atoms with van der Waals surface area (Å²) >= 11 is 2.08. The monoisotopic (exact) mass is 174 g/mol. The van der Waals surface area contributed by atoms with E-state index in [0.29, 0.717) is 6.04 Å². The molecule has 1 fully saturated rings. The molecule has 11 heavy (non-hydrogen) atoms. The Morgan fingerprint density at radius 2 is 2.18 bits per heavy atom. The minimum Gasteiger partial charge on any atom is -0.252 e. The number of nitrogens with zero attached hydrogens (tertiary/aromatic N) is 1. The smallest absolute Gasteiger partial charge is 0.0331 e. The van der Waals surface area contributed by atoms with Gasteiger partial charge in [-0.3, -0.25) is 10.4 Å². The van der Waals surface area contributed by atoms with E-state index in [1.54, 1.807) is 0 Å². The first-order valence-corrected chi connectivity index (χ1v) is 5.30. The molecule has 0 aromatic heterocycles. The Morgan fingerprint density at radius 3 is 2.73 bits per heavy atom. The molecule has 2 atom stereocenters. The molecule has 0 aromatic carbocycles. The van der Waals surface area contributed by atoms with Crippen molar-refractivity contribution in [3.63, 3.8) is 0 Å². The predicted molar refractivity (Wildman–Crippen MR) is 51.8 cm³/mol. The first kappa shape index (κ1) is 9.36. The van der Waals surface area contributed by atoms with Crippen molar-refractivity contribution in [2.75, 3.05) is 19.8 Å². The van der Waals surface area contributed by atoms with Crippen LogP contribution in [0.4, 0.5) is 0 Å². The second-order valence-corrected chi connectivity index (χ2v) is 4.83. The van der Waals surface area contributed by atoms with Crippen LogP contribution >= 0.6 is 11.8 Å². The summed E-state index contributed by atoms with van der Waals surface area (Å²) in [5, 5.41) is 2.83. The van der Waals surface area contributed by atoms with Crippen LogP contribution in [0, 0.1) is 0 Å². The van der Waals surface area contributed by atoms with E-state index < -0.39 is 0 Å². The fraction of sp³-hybridized carbons (Fsp3) is 1.00. The predicted octanol–water partition coefficient (Wildman–Crippen LogP) is 1.34. The summed E-state index contributed by atoms with van der Waals surface area (Å²) in [6, 6.07) is 0.684. The third-order valence-corrected chi connectivity index (χ3v) is 3.41. The van der Waals surface area contributed by atoms with Crippen molar-refractivity contribution in [1.82, 2.24) is 10.4 Å². The summed E-state index contributed by atoms with van der Waals surface area (Å²) < 4.78 is 0. The van der Waals surface area contributed by atoms with Gasteiger partial charge in [0.05, 0.1) is 0 Å². The van der Waals surface area contributed by atoms with E-state index in [2.05, 4.69) is 43.2 Å². The van der Waals surface area contributed by atoms with Gasteiger partial charge in [0.2, 0.25) is 0 Å². The summed E-state index contributed by atoms with van der Waals surface area (Å²) in [6.07, 6.45) is 2.69. The number of thioether (sulfide) groups is 1. The molecule has 0 spiro atoms. The lowest BCUT2D eigenvalue weighted by Gasteiger charge is -2.31. The summed E-state index contributed by atoms with van der Waals surface area (Å²) in [4.78, 5) is 0. The number of hydrogen-bond donors (Lipinski definition) is 1. The molecule has 66 valence electrons. The highest BCUT2D eigenvalue weighted by molar-refractivity contribution is 7.99. The van der Waals surface area contributed by atoms with Gasteiger partial charge in [0.15, 0.2) is 0 Å². The van der Waals surface area contributed by atoms with Crippen LogP contribution in [0.2, 0.25) is 0 Å². The van der Waals surface area contributed by atoms with Crippen molar-refractivity contribution in [3.05, 3.63) is 0 Å². The Labute approximate surface area is 73.7 Å². The third-order valence-electron chi connectivity index (χ3n) is 2.03. The second kappa shape index (κ2) is 4.33. The molecule has 2 unspecified atom stereocenters. The zero-order valence-electron chi connectivity index (χ0n) is 7.63. The van der Waals surface area contributed by atoms with Gasteiger partial charge >= 0.3 is 0 Å². The Kier molecular flexibility index (Phi) is 3.69. The molecular weight excluding hydrogens is 156 g/mol. The van der Waals surface area contributed by atoms with Crippen LogP contribution in [0.1, 0.15) is 19.8 Å². The zero-order chi connectivity index (χ0) is 8.27. The van der Waals surface area contributed by atoms with Gasteiger partial charge in [0.25, 0.3) is 0 Å². The SMILES string of the molecule is CC1SCCCC1NN(C)C. The fourth-order valence-corrected chi connectivity index (χ4v) is 2.56. The van der Waals surface area contributed by atoms with Gasteiger partial charge in [-0.25, -0.2) is 0 Å². The molecule has 3 heteroatoms. The Bertz CT molecular complexity index is 117. The molecule has 2 nitrogen and oxygen atoms in total. The van der Waals surface area contributed by atoms with Crippen molar-refractivity contribution in [3.8, 4) is 0 Å². The molecule has 1 rings (SSSR count). The van der Waals surface area contributed by atoms with E-state index in [1.165, 1.54) is 18.6 Å². The molecule has 0 aromatic rings.